The first-order chi connectivity index (χ1) is 8.46. The van der Waals surface area contributed by atoms with Crippen molar-refractivity contribution in [3.05, 3.63) is 40.6 Å². The van der Waals surface area contributed by atoms with E-state index in [0.717, 1.165) is 6.07 Å². The summed E-state index contributed by atoms with van der Waals surface area (Å²) in [7, 11) is 0. The molecule has 0 aliphatic rings. The van der Waals surface area contributed by atoms with Gasteiger partial charge in [-0.3, -0.25) is 4.79 Å². The van der Waals surface area contributed by atoms with Crippen molar-refractivity contribution in [1.82, 2.24) is 0 Å². The van der Waals surface area contributed by atoms with Gasteiger partial charge in [0.15, 0.2) is 5.43 Å². The molecule has 0 atom stereocenters. The molecule has 2 aromatic rings. The predicted molar refractivity (Wildman–Crippen MR) is 58.7 cm³/mol. The molecule has 1 heterocycles. The fourth-order valence-electron chi connectivity index (χ4n) is 1.42. The van der Waals surface area contributed by atoms with Gasteiger partial charge in [-0.15, -0.1) is 0 Å². The van der Waals surface area contributed by atoms with Crippen LogP contribution < -0.4 is 10.2 Å². The van der Waals surface area contributed by atoms with E-state index in [0.29, 0.717) is 5.39 Å². The highest BCUT2D eigenvalue weighted by Crippen LogP contribution is 2.21. The summed E-state index contributed by atoms with van der Waals surface area (Å²) in [4.78, 5) is 11.6. The average molecular weight is 258 g/mol. The number of halogens is 3. The molecule has 2 rings (SSSR count). The Hall–Kier alpha value is -1.98. The van der Waals surface area contributed by atoms with Crippen LogP contribution in [0.2, 0.25) is 0 Å². The van der Waals surface area contributed by atoms with E-state index < -0.39 is 19.2 Å². The van der Waals surface area contributed by atoms with E-state index >= 15 is 0 Å². The van der Waals surface area contributed by atoms with Gasteiger partial charge >= 0.3 is 6.18 Å². The number of ether oxygens (including phenoxy) is 1. The van der Waals surface area contributed by atoms with E-state index in [4.69, 9.17) is 9.15 Å². The Balaban J connectivity index is 2.17. The predicted octanol–water partition coefficient (Wildman–Crippen LogP) is 3.12. The highest BCUT2D eigenvalue weighted by Gasteiger charge is 2.27. The molecule has 0 spiro atoms. The van der Waals surface area contributed by atoms with Crippen LogP contribution in [0.1, 0.15) is 6.42 Å². The van der Waals surface area contributed by atoms with Crippen LogP contribution >= 0.6 is 0 Å². The fourth-order valence-corrected chi connectivity index (χ4v) is 1.42. The molecule has 18 heavy (non-hydrogen) atoms. The van der Waals surface area contributed by atoms with Crippen molar-refractivity contribution in [1.29, 1.82) is 0 Å². The third-order valence-electron chi connectivity index (χ3n) is 2.24. The number of fused-ring (bicyclic) bond motifs is 1. The average Bonchev–Trinajstić information content (AvgIpc) is 2.27. The normalized spacial score (nSPS) is 11.7. The Kier molecular flexibility index (Phi) is 3.27. The quantitative estimate of drug-likeness (QED) is 0.849. The molecule has 6 heteroatoms. The van der Waals surface area contributed by atoms with Crippen molar-refractivity contribution in [3.63, 3.8) is 0 Å². The summed E-state index contributed by atoms with van der Waals surface area (Å²) in [6.07, 6.45) is -5.39. The third kappa shape index (κ3) is 3.03. The van der Waals surface area contributed by atoms with Gasteiger partial charge < -0.3 is 9.15 Å². The zero-order valence-corrected chi connectivity index (χ0v) is 9.16. The van der Waals surface area contributed by atoms with Crippen LogP contribution in [0, 0.1) is 0 Å². The lowest BCUT2D eigenvalue weighted by Crippen LogP contribution is -2.13. The Morgan fingerprint density at radius 3 is 2.67 bits per heavy atom. The van der Waals surface area contributed by atoms with Crippen molar-refractivity contribution in [2.24, 2.45) is 0 Å². The van der Waals surface area contributed by atoms with Crippen LogP contribution in [0.25, 0.3) is 11.0 Å². The van der Waals surface area contributed by atoms with Gasteiger partial charge in [0.1, 0.15) is 12.2 Å². The standard InChI is InChI=1S/C12H9F3O3/c13-12(14,15)5-6-17-11-7-9(16)8-3-1-2-4-10(8)18-11/h1-4,7H,5-6H2. The lowest BCUT2D eigenvalue weighted by molar-refractivity contribution is -0.140. The van der Waals surface area contributed by atoms with Gasteiger partial charge in [0.2, 0.25) is 0 Å². The van der Waals surface area contributed by atoms with Gasteiger partial charge in [-0.25, -0.2) is 0 Å². The maximum absolute atomic E-state index is 11.9. The van der Waals surface area contributed by atoms with Crippen LogP contribution in [0.4, 0.5) is 13.2 Å². The van der Waals surface area contributed by atoms with Crippen LogP contribution in [0.3, 0.4) is 0 Å². The van der Waals surface area contributed by atoms with Gasteiger partial charge in [-0.05, 0) is 12.1 Å². The number of alkyl halides is 3. The summed E-state index contributed by atoms with van der Waals surface area (Å²) in [6.45, 7) is -0.579. The van der Waals surface area contributed by atoms with Crippen molar-refractivity contribution >= 4 is 11.0 Å². The van der Waals surface area contributed by atoms with Gasteiger partial charge in [0, 0.05) is 0 Å². The van der Waals surface area contributed by atoms with Gasteiger partial charge in [0.25, 0.3) is 5.95 Å². The van der Waals surface area contributed by atoms with Gasteiger partial charge in [-0.1, -0.05) is 12.1 Å². The summed E-state index contributed by atoms with van der Waals surface area (Å²) in [5, 5.41) is 0.362. The van der Waals surface area contributed by atoms with E-state index in [2.05, 4.69) is 0 Å². The minimum absolute atomic E-state index is 0.206. The molecule has 0 bridgehead atoms. The third-order valence-corrected chi connectivity index (χ3v) is 2.24. The van der Waals surface area contributed by atoms with E-state index in [1.165, 1.54) is 0 Å². The zero-order valence-electron chi connectivity index (χ0n) is 9.16. The second-order valence-electron chi connectivity index (χ2n) is 3.64. The van der Waals surface area contributed by atoms with Crippen molar-refractivity contribution < 1.29 is 22.3 Å². The van der Waals surface area contributed by atoms with Crippen molar-refractivity contribution in [2.75, 3.05) is 6.61 Å². The number of rotatable bonds is 3. The smallest absolute Gasteiger partial charge is 0.392 e. The van der Waals surface area contributed by atoms with Crippen molar-refractivity contribution in [2.45, 2.75) is 12.6 Å². The lowest BCUT2D eigenvalue weighted by Gasteiger charge is -2.07. The summed E-state index contributed by atoms with van der Waals surface area (Å²) < 4.78 is 45.7. The van der Waals surface area contributed by atoms with Crippen LogP contribution in [0.5, 0.6) is 5.95 Å². The topological polar surface area (TPSA) is 39.4 Å². The SMILES string of the molecule is O=c1cc(OCCC(F)(F)F)oc2ccccc12. The fraction of sp³-hybridized carbons (Fsp3) is 0.250. The summed E-state index contributed by atoms with van der Waals surface area (Å²) in [5.74, 6) is -0.206. The Morgan fingerprint density at radius 1 is 1.22 bits per heavy atom. The minimum atomic E-state index is -4.29. The molecule has 0 N–H and O–H groups in total. The molecule has 0 saturated heterocycles. The number of hydrogen-bond acceptors (Lipinski definition) is 3. The monoisotopic (exact) mass is 258 g/mol. The first-order valence-electron chi connectivity index (χ1n) is 5.18. The number of para-hydroxylation sites is 1. The maximum atomic E-state index is 11.9. The minimum Gasteiger partial charge on any atom is -0.465 e. The molecule has 0 unspecified atom stereocenters. The zero-order chi connectivity index (χ0) is 13.2. The number of benzene rings is 1. The van der Waals surface area contributed by atoms with E-state index in [1.54, 1.807) is 24.3 Å². The molecule has 0 radical (unpaired) electrons. The molecular weight excluding hydrogens is 249 g/mol. The molecule has 1 aromatic carbocycles. The van der Waals surface area contributed by atoms with E-state index in [1.807, 2.05) is 0 Å². The second-order valence-corrected chi connectivity index (χ2v) is 3.64. The lowest BCUT2D eigenvalue weighted by atomic mass is 10.2. The molecule has 0 fully saturated rings. The molecule has 0 amide bonds. The summed E-state index contributed by atoms with van der Waals surface area (Å²) >= 11 is 0. The van der Waals surface area contributed by atoms with Crippen LogP contribution in [-0.2, 0) is 0 Å². The molecular formula is C12H9F3O3. The Morgan fingerprint density at radius 2 is 1.94 bits per heavy atom. The Bertz CT molecular complexity index is 601. The first-order valence-corrected chi connectivity index (χ1v) is 5.18. The molecule has 0 saturated carbocycles. The largest absolute Gasteiger partial charge is 0.465 e. The molecule has 0 aliphatic heterocycles. The Labute approximate surface area is 99.8 Å². The van der Waals surface area contributed by atoms with E-state index in [9.17, 15) is 18.0 Å². The van der Waals surface area contributed by atoms with Crippen LogP contribution in [0.15, 0.2) is 39.5 Å². The van der Waals surface area contributed by atoms with Crippen LogP contribution in [-0.4, -0.2) is 12.8 Å². The van der Waals surface area contributed by atoms with Crippen molar-refractivity contribution in [3.8, 4) is 5.95 Å². The molecule has 96 valence electrons. The molecule has 1 aromatic heterocycles. The number of hydrogen-bond donors (Lipinski definition) is 0. The second kappa shape index (κ2) is 4.72. The highest BCUT2D eigenvalue weighted by atomic mass is 19.4. The molecule has 0 aliphatic carbocycles. The highest BCUT2D eigenvalue weighted by molar-refractivity contribution is 5.76. The summed E-state index contributed by atoms with van der Waals surface area (Å²) in [6, 6.07) is 7.49. The van der Waals surface area contributed by atoms with E-state index in [-0.39, 0.29) is 17.0 Å². The van der Waals surface area contributed by atoms with Gasteiger partial charge in [0.05, 0.1) is 17.9 Å². The summed E-state index contributed by atoms with van der Waals surface area (Å²) in [5.41, 5.74) is -0.0640. The van der Waals surface area contributed by atoms with Gasteiger partial charge in [-0.2, -0.15) is 13.2 Å². The molecule has 3 nitrogen and oxygen atoms in total. The first kappa shape index (κ1) is 12.5. The maximum Gasteiger partial charge on any atom is 0.392 e.